The van der Waals surface area contributed by atoms with Crippen molar-refractivity contribution in [2.24, 2.45) is 11.8 Å². The van der Waals surface area contributed by atoms with Crippen molar-refractivity contribution in [3.8, 4) is 0 Å². The second kappa shape index (κ2) is 10.9. The molecule has 0 aromatic rings. The first-order chi connectivity index (χ1) is 17.4. The summed E-state index contributed by atoms with van der Waals surface area (Å²) in [7, 11) is 0. The SMILES string of the molecule is CC(C)(C)OC(=O)N1CCOC2(CC(C(=O)O)C2)C1.CC(C)(C)OC(=O)N1CCOC2(CC(C(=O)O)C2)C1. The third kappa shape index (κ3) is 7.72. The molecule has 2 saturated carbocycles. The fourth-order valence-electron chi connectivity index (χ4n) is 5.17. The summed E-state index contributed by atoms with van der Waals surface area (Å²) in [5.74, 6) is -2.27. The Kier molecular flexibility index (Phi) is 8.57. The van der Waals surface area contributed by atoms with E-state index in [2.05, 4.69) is 0 Å². The van der Waals surface area contributed by atoms with Gasteiger partial charge in [0.15, 0.2) is 0 Å². The minimum atomic E-state index is -0.788. The molecule has 0 radical (unpaired) electrons. The number of amides is 2. The second-order valence-corrected chi connectivity index (χ2v) is 12.8. The standard InChI is InChI=1S/2C13H21NO5/c2*1-12(2,3)19-11(17)14-4-5-18-13(8-14)6-9(7-13)10(15)16/h2*9H,4-8H2,1-3H3,(H,15,16). The highest BCUT2D eigenvalue weighted by Crippen LogP contribution is 2.44. The molecule has 2 saturated heterocycles. The van der Waals surface area contributed by atoms with Gasteiger partial charge in [0, 0.05) is 13.1 Å². The van der Waals surface area contributed by atoms with Crippen molar-refractivity contribution < 1.29 is 48.3 Å². The van der Waals surface area contributed by atoms with E-state index in [1.54, 1.807) is 9.80 Å². The molecular formula is C26H42N2O10. The molecule has 2 aliphatic heterocycles. The Balaban J connectivity index is 0.000000211. The van der Waals surface area contributed by atoms with Crippen molar-refractivity contribution >= 4 is 24.1 Å². The van der Waals surface area contributed by atoms with E-state index in [-0.39, 0.29) is 24.0 Å². The molecule has 216 valence electrons. The molecule has 0 aromatic heterocycles. The minimum absolute atomic E-state index is 0.349. The number of morpholine rings is 2. The van der Waals surface area contributed by atoms with Gasteiger partial charge >= 0.3 is 24.1 Å². The van der Waals surface area contributed by atoms with Crippen LogP contribution in [0.2, 0.25) is 0 Å². The first-order valence-electron chi connectivity index (χ1n) is 13.1. The molecule has 2 heterocycles. The van der Waals surface area contributed by atoms with Gasteiger partial charge in [0.2, 0.25) is 0 Å². The highest BCUT2D eigenvalue weighted by Gasteiger charge is 2.53. The van der Waals surface area contributed by atoms with E-state index < -0.39 is 34.3 Å². The lowest BCUT2D eigenvalue weighted by molar-refractivity contribution is -0.186. The molecule has 2 spiro atoms. The molecule has 0 unspecified atom stereocenters. The van der Waals surface area contributed by atoms with Gasteiger partial charge in [0.1, 0.15) is 11.2 Å². The van der Waals surface area contributed by atoms with Gasteiger partial charge in [0.25, 0.3) is 0 Å². The molecule has 4 aliphatic rings. The molecule has 12 heteroatoms. The number of carbonyl (C=O) groups is 4. The molecule has 4 rings (SSSR count). The van der Waals surface area contributed by atoms with E-state index in [0.29, 0.717) is 65.1 Å². The quantitative estimate of drug-likeness (QED) is 0.533. The summed E-state index contributed by atoms with van der Waals surface area (Å²) in [5.41, 5.74) is -1.99. The molecule has 0 bridgehead atoms. The zero-order valence-electron chi connectivity index (χ0n) is 23.3. The van der Waals surface area contributed by atoms with Crippen LogP contribution in [0, 0.1) is 11.8 Å². The number of hydrogen-bond donors (Lipinski definition) is 2. The summed E-state index contributed by atoms with van der Waals surface area (Å²) < 4.78 is 22.0. The van der Waals surface area contributed by atoms with Crippen LogP contribution >= 0.6 is 0 Å². The first-order valence-corrected chi connectivity index (χ1v) is 13.1. The maximum absolute atomic E-state index is 12.0. The summed E-state index contributed by atoms with van der Waals surface area (Å²) in [6.45, 7) is 13.7. The number of hydrogen-bond acceptors (Lipinski definition) is 8. The average molecular weight is 543 g/mol. The van der Waals surface area contributed by atoms with Gasteiger partial charge in [-0.3, -0.25) is 9.59 Å². The van der Waals surface area contributed by atoms with E-state index >= 15 is 0 Å². The van der Waals surface area contributed by atoms with Crippen molar-refractivity contribution in [3.63, 3.8) is 0 Å². The van der Waals surface area contributed by atoms with Crippen LogP contribution in [0.3, 0.4) is 0 Å². The molecule has 2 aliphatic carbocycles. The minimum Gasteiger partial charge on any atom is -0.481 e. The number of carboxylic acid groups (broad SMARTS) is 2. The van der Waals surface area contributed by atoms with Gasteiger partial charge < -0.3 is 39.0 Å². The molecule has 0 atom stereocenters. The van der Waals surface area contributed by atoms with Crippen LogP contribution in [0.25, 0.3) is 0 Å². The number of rotatable bonds is 2. The fraction of sp³-hybridized carbons (Fsp3) is 0.846. The first kappa shape index (κ1) is 29.9. The maximum Gasteiger partial charge on any atom is 0.410 e. The number of ether oxygens (including phenoxy) is 4. The predicted molar refractivity (Wildman–Crippen MR) is 134 cm³/mol. The van der Waals surface area contributed by atoms with Crippen LogP contribution in [-0.4, -0.2) is 106 Å². The molecule has 0 aromatic carbocycles. The Morgan fingerprint density at radius 2 is 1.00 bits per heavy atom. The normalized spacial score (nSPS) is 30.9. The highest BCUT2D eigenvalue weighted by atomic mass is 16.6. The Morgan fingerprint density at radius 3 is 1.26 bits per heavy atom. The van der Waals surface area contributed by atoms with E-state index in [4.69, 9.17) is 29.2 Å². The van der Waals surface area contributed by atoms with Crippen molar-refractivity contribution in [1.82, 2.24) is 9.80 Å². The Labute approximate surface area is 223 Å². The van der Waals surface area contributed by atoms with Gasteiger partial charge in [0.05, 0.1) is 49.3 Å². The van der Waals surface area contributed by atoms with Gasteiger partial charge in [-0.25, -0.2) is 9.59 Å². The van der Waals surface area contributed by atoms with Crippen LogP contribution < -0.4 is 0 Å². The van der Waals surface area contributed by atoms with Crippen molar-refractivity contribution in [3.05, 3.63) is 0 Å². The lowest BCUT2D eigenvalue weighted by Gasteiger charge is -2.50. The second-order valence-electron chi connectivity index (χ2n) is 12.8. The molecule has 12 nitrogen and oxygen atoms in total. The summed E-state index contributed by atoms with van der Waals surface area (Å²) in [6.07, 6.45) is 1.19. The smallest absolute Gasteiger partial charge is 0.410 e. The van der Waals surface area contributed by atoms with Crippen LogP contribution in [0.4, 0.5) is 9.59 Å². The summed E-state index contributed by atoms with van der Waals surface area (Å²) in [5, 5.41) is 17.8. The monoisotopic (exact) mass is 542 g/mol. The lowest BCUT2D eigenvalue weighted by atomic mass is 9.70. The molecular weight excluding hydrogens is 500 g/mol. The molecule has 4 fully saturated rings. The summed E-state index contributed by atoms with van der Waals surface area (Å²) in [6, 6.07) is 0. The van der Waals surface area contributed by atoms with Gasteiger partial charge in [-0.05, 0) is 67.2 Å². The van der Waals surface area contributed by atoms with Gasteiger partial charge in [-0.2, -0.15) is 0 Å². The number of nitrogens with zero attached hydrogens (tertiary/aromatic N) is 2. The Bertz CT molecular complexity index is 836. The topological polar surface area (TPSA) is 152 Å². The van der Waals surface area contributed by atoms with Crippen molar-refractivity contribution in [2.45, 2.75) is 89.6 Å². The van der Waals surface area contributed by atoms with Gasteiger partial charge in [-0.1, -0.05) is 0 Å². The largest absolute Gasteiger partial charge is 0.481 e. The summed E-state index contributed by atoms with van der Waals surface area (Å²) in [4.78, 5) is 48.9. The lowest BCUT2D eigenvalue weighted by Crippen LogP contribution is -2.61. The Morgan fingerprint density at radius 1 is 0.684 bits per heavy atom. The summed E-state index contributed by atoms with van der Waals surface area (Å²) >= 11 is 0. The van der Waals surface area contributed by atoms with Crippen LogP contribution in [-0.2, 0) is 28.5 Å². The maximum atomic E-state index is 12.0. The predicted octanol–water partition coefficient (Wildman–Crippen LogP) is 2.97. The zero-order chi connectivity index (χ0) is 28.5. The number of aliphatic carboxylic acids is 2. The van der Waals surface area contributed by atoms with Crippen molar-refractivity contribution in [1.29, 1.82) is 0 Å². The zero-order valence-corrected chi connectivity index (χ0v) is 23.3. The van der Waals surface area contributed by atoms with E-state index in [0.717, 1.165) is 0 Å². The molecule has 38 heavy (non-hydrogen) atoms. The van der Waals surface area contributed by atoms with Crippen molar-refractivity contribution in [2.75, 3.05) is 39.4 Å². The molecule has 2 amide bonds. The fourth-order valence-corrected chi connectivity index (χ4v) is 5.17. The molecule has 2 N–H and O–H groups in total. The Hall–Kier alpha value is -2.60. The average Bonchev–Trinajstić information content (AvgIpc) is 2.73. The number of carboxylic acids is 2. The highest BCUT2D eigenvalue weighted by molar-refractivity contribution is 5.73. The van der Waals surface area contributed by atoms with Gasteiger partial charge in [-0.15, -0.1) is 0 Å². The van der Waals surface area contributed by atoms with Crippen LogP contribution in [0.15, 0.2) is 0 Å². The van der Waals surface area contributed by atoms with E-state index in [1.165, 1.54) is 0 Å². The van der Waals surface area contributed by atoms with Crippen LogP contribution in [0.5, 0.6) is 0 Å². The third-order valence-corrected chi connectivity index (χ3v) is 6.97. The van der Waals surface area contributed by atoms with E-state index in [9.17, 15) is 19.2 Å². The third-order valence-electron chi connectivity index (χ3n) is 6.97. The van der Waals surface area contributed by atoms with Crippen LogP contribution in [0.1, 0.15) is 67.2 Å². The van der Waals surface area contributed by atoms with E-state index in [1.807, 2.05) is 41.5 Å². The number of carbonyl (C=O) groups excluding carboxylic acids is 2.